The van der Waals surface area contributed by atoms with Gasteiger partial charge in [0.25, 0.3) is 5.56 Å². The van der Waals surface area contributed by atoms with Gasteiger partial charge in [-0.1, -0.05) is 6.07 Å². The number of aryl methyl sites for hydroxylation is 1. The van der Waals surface area contributed by atoms with Gasteiger partial charge in [-0.3, -0.25) is 9.59 Å². The molecule has 0 atom stereocenters. The van der Waals surface area contributed by atoms with E-state index in [4.69, 9.17) is 5.11 Å². The Morgan fingerprint density at radius 1 is 1.54 bits per heavy atom. The number of pyridine rings is 1. The monoisotopic (exact) mass is 181 g/mol. The summed E-state index contributed by atoms with van der Waals surface area (Å²) in [6.07, 6.45) is -0.0231. The molecule has 0 aliphatic carbocycles. The van der Waals surface area contributed by atoms with Crippen molar-refractivity contribution in [3.8, 4) is 0 Å². The summed E-state index contributed by atoms with van der Waals surface area (Å²) in [6.45, 7) is 2.02. The van der Waals surface area contributed by atoms with Crippen molar-refractivity contribution >= 4 is 5.97 Å². The predicted octanol–water partition coefficient (Wildman–Crippen LogP) is 0.631. The summed E-state index contributed by atoms with van der Waals surface area (Å²) in [7, 11) is 0. The molecule has 0 amide bonds. The molecule has 4 heteroatoms. The molecule has 1 aromatic heterocycles. The summed E-state index contributed by atoms with van der Waals surface area (Å²) in [5.41, 5.74) is 0.634. The Bertz CT molecular complexity index is 367. The molecule has 0 saturated carbocycles. The smallest absolute Gasteiger partial charge is 0.305 e. The highest BCUT2D eigenvalue weighted by atomic mass is 16.4. The molecule has 1 rings (SSSR count). The van der Waals surface area contributed by atoms with Crippen LogP contribution in [-0.4, -0.2) is 15.6 Å². The average Bonchev–Trinajstić information content (AvgIpc) is 2.03. The second-order valence-corrected chi connectivity index (χ2v) is 2.80. The van der Waals surface area contributed by atoms with Crippen molar-refractivity contribution in [2.45, 2.75) is 19.9 Å². The standard InChI is InChI=1S/C9H11NO3/c1-7-3-2-4-8(11)10(7)6-5-9(12)13/h2-4H,5-6H2,1H3,(H,12,13). The second-order valence-electron chi connectivity index (χ2n) is 2.80. The van der Waals surface area contributed by atoms with Gasteiger partial charge in [-0.2, -0.15) is 0 Å². The molecule has 0 saturated heterocycles. The zero-order chi connectivity index (χ0) is 9.84. The third kappa shape index (κ3) is 2.43. The third-order valence-corrected chi connectivity index (χ3v) is 1.82. The lowest BCUT2D eigenvalue weighted by molar-refractivity contribution is -0.137. The third-order valence-electron chi connectivity index (χ3n) is 1.82. The quantitative estimate of drug-likeness (QED) is 0.744. The molecular weight excluding hydrogens is 170 g/mol. The molecule has 0 aromatic carbocycles. The molecule has 0 spiro atoms. The SMILES string of the molecule is Cc1cccc(=O)n1CCC(=O)O. The van der Waals surface area contributed by atoms with Gasteiger partial charge in [0.15, 0.2) is 0 Å². The van der Waals surface area contributed by atoms with Crippen molar-refractivity contribution in [1.82, 2.24) is 4.57 Å². The highest BCUT2D eigenvalue weighted by Crippen LogP contribution is 1.95. The Kier molecular flexibility index (Phi) is 2.84. The van der Waals surface area contributed by atoms with Crippen LogP contribution >= 0.6 is 0 Å². The summed E-state index contributed by atoms with van der Waals surface area (Å²) in [6, 6.07) is 4.87. The van der Waals surface area contributed by atoms with Crippen LogP contribution in [0.4, 0.5) is 0 Å². The van der Waals surface area contributed by atoms with E-state index in [2.05, 4.69) is 0 Å². The predicted molar refractivity (Wildman–Crippen MR) is 47.7 cm³/mol. The normalized spacial score (nSPS) is 9.92. The molecule has 70 valence electrons. The molecule has 0 radical (unpaired) electrons. The number of nitrogens with zero attached hydrogens (tertiary/aromatic N) is 1. The van der Waals surface area contributed by atoms with Crippen LogP contribution in [0.15, 0.2) is 23.0 Å². The summed E-state index contributed by atoms with van der Waals surface area (Å²) in [4.78, 5) is 21.5. The first-order valence-electron chi connectivity index (χ1n) is 3.99. The van der Waals surface area contributed by atoms with Gasteiger partial charge in [-0.25, -0.2) is 0 Å². The van der Waals surface area contributed by atoms with Crippen LogP contribution in [-0.2, 0) is 11.3 Å². The molecule has 0 unspecified atom stereocenters. The fourth-order valence-electron chi connectivity index (χ4n) is 1.12. The Morgan fingerprint density at radius 2 is 2.23 bits per heavy atom. The van der Waals surface area contributed by atoms with Crippen molar-refractivity contribution in [1.29, 1.82) is 0 Å². The van der Waals surface area contributed by atoms with Crippen molar-refractivity contribution in [3.63, 3.8) is 0 Å². The Labute approximate surface area is 75.4 Å². The van der Waals surface area contributed by atoms with Crippen LogP contribution in [0.3, 0.4) is 0 Å². The van der Waals surface area contributed by atoms with E-state index in [9.17, 15) is 9.59 Å². The van der Waals surface area contributed by atoms with Gasteiger partial charge in [0, 0.05) is 18.3 Å². The largest absolute Gasteiger partial charge is 0.481 e. The maximum Gasteiger partial charge on any atom is 0.305 e. The number of rotatable bonds is 3. The minimum Gasteiger partial charge on any atom is -0.481 e. The Hall–Kier alpha value is -1.58. The van der Waals surface area contributed by atoms with Crippen LogP contribution in [0.5, 0.6) is 0 Å². The molecule has 1 heterocycles. The second kappa shape index (κ2) is 3.89. The number of carbonyl (C=O) groups is 1. The van der Waals surface area contributed by atoms with E-state index >= 15 is 0 Å². The number of hydrogen-bond donors (Lipinski definition) is 1. The molecular formula is C9H11NO3. The lowest BCUT2D eigenvalue weighted by Crippen LogP contribution is -2.22. The molecule has 0 aliphatic rings. The lowest BCUT2D eigenvalue weighted by atomic mass is 10.3. The number of aromatic nitrogens is 1. The topological polar surface area (TPSA) is 59.3 Å². The zero-order valence-corrected chi connectivity index (χ0v) is 7.36. The van der Waals surface area contributed by atoms with Gasteiger partial charge in [0.2, 0.25) is 0 Å². The molecule has 4 nitrogen and oxygen atoms in total. The fraction of sp³-hybridized carbons (Fsp3) is 0.333. The highest BCUT2D eigenvalue weighted by Gasteiger charge is 2.01. The lowest BCUT2D eigenvalue weighted by Gasteiger charge is -2.06. The summed E-state index contributed by atoms with van der Waals surface area (Å²) >= 11 is 0. The number of aliphatic carboxylic acids is 1. The van der Waals surface area contributed by atoms with Crippen molar-refractivity contribution < 1.29 is 9.90 Å². The molecule has 1 aromatic rings. The molecule has 0 aliphatic heterocycles. The molecule has 1 N–H and O–H groups in total. The van der Waals surface area contributed by atoms with Gasteiger partial charge >= 0.3 is 5.97 Å². The number of carboxylic acids is 1. The van der Waals surface area contributed by atoms with E-state index in [0.717, 1.165) is 5.69 Å². The Morgan fingerprint density at radius 3 is 2.77 bits per heavy atom. The zero-order valence-electron chi connectivity index (χ0n) is 7.36. The van der Waals surface area contributed by atoms with E-state index < -0.39 is 5.97 Å². The summed E-state index contributed by atoms with van der Waals surface area (Å²) in [5.74, 6) is -0.893. The highest BCUT2D eigenvalue weighted by molar-refractivity contribution is 5.66. The van der Waals surface area contributed by atoms with E-state index in [0.29, 0.717) is 0 Å². The molecule has 0 fully saturated rings. The Balaban J connectivity index is 2.87. The average molecular weight is 181 g/mol. The van der Waals surface area contributed by atoms with Crippen LogP contribution in [0.2, 0.25) is 0 Å². The minimum atomic E-state index is -0.893. The summed E-state index contributed by atoms with van der Waals surface area (Å²) in [5, 5.41) is 8.44. The van der Waals surface area contributed by atoms with E-state index in [-0.39, 0.29) is 18.5 Å². The maximum atomic E-state index is 11.2. The van der Waals surface area contributed by atoms with Crippen molar-refractivity contribution in [3.05, 3.63) is 34.2 Å². The molecule has 13 heavy (non-hydrogen) atoms. The van der Waals surface area contributed by atoms with Crippen LogP contribution < -0.4 is 5.56 Å². The van der Waals surface area contributed by atoms with E-state index in [1.165, 1.54) is 10.6 Å². The van der Waals surface area contributed by atoms with Gasteiger partial charge in [-0.05, 0) is 13.0 Å². The van der Waals surface area contributed by atoms with Gasteiger partial charge in [0.05, 0.1) is 6.42 Å². The van der Waals surface area contributed by atoms with Crippen LogP contribution in [0, 0.1) is 6.92 Å². The summed E-state index contributed by atoms with van der Waals surface area (Å²) < 4.78 is 1.45. The van der Waals surface area contributed by atoms with E-state index in [1.54, 1.807) is 19.1 Å². The van der Waals surface area contributed by atoms with Crippen molar-refractivity contribution in [2.75, 3.05) is 0 Å². The van der Waals surface area contributed by atoms with Gasteiger partial charge in [0.1, 0.15) is 0 Å². The van der Waals surface area contributed by atoms with Crippen LogP contribution in [0.1, 0.15) is 12.1 Å². The first-order chi connectivity index (χ1) is 6.11. The van der Waals surface area contributed by atoms with Crippen molar-refractivity contribution in [2.24, 2.45) is 0 Å². The fourth-order valence-corrected chi connectivity index (χ4v) is 1.12. The van der Waals surface area contributed by atoms with Gasteiger partial charge in [-0.15, -0.1) is 0 Å². The number of carboxylic acid groups (broad SMARTS) is 1. The minimum absolute atomic E-state index is 0.0231. The first-order valence-corrected chi connectivity index (χ1v) is 3.99. The maximum absolute atomic E-state index is 11.2. The molecule has 0 bridgehead atoms. The number of hydrogen-bond acceptors (Lipinski definition) is 2. The first kappa shape index (κ1) is 9.51. The van der Waals surface area contributed by atoms with Crippen LogP contribution in [0.25, 0.3) is 0 Å². The van der Waals surface area contributed by atoms with Gasteiger partial charge < -0.3 is 9.67 Å². The van der Waals surface area contributed by atoms with E-state index in [1.807, 2.05) is 0 Å².